The Labute approximate surface area is 45.7 Å². The van der Waals surface area contributed by atoms with Gasteiger partial charge in [0.25, 0.3) is 0 Å². The Bertz CT molecular complexity index is 42.1. The molecule has 43 valence electrons. The predicted octanol–water partition coefficient (Wildman–Crippen LogP) is 1.64. The maximum atomic E-state index is 4.98. The van der Waals surface area contributed by atoms with Crippen LogP contribution >= 0.6 is 0 Å². The standard InChI is InChI=1S/C6H13O/c1-5-6(2,3)7-4/h2,5H2,1,3-4H3. The SMILES string of the molecule is [CH2]C(C)(CC)OC. The molecule has 0 rings (SSSR count). The Balaban J connectivity index is 3.36. The van der Waals surface area contributed by atoms with Crippen molar-refractivity contribution in [2.75, 3.05) is 7.11 Å². The lowest BCUT2D eigenvalue weighted by molar-refractivity contribution is 0.0430. The Kier molecular flexibility index (Phi) is 2.30. The minimum Gasteiger partial charge on any atom is -0.379 e. The Morgan fingerprint density at radius 3 is 2.14 bits per heavy atom. The first-order valence-electron chi connectivity index (χ1n) is 2.53. The van der Waals surface area contributed by atoms with Gasteiger partial charge >= 0.3 is 0 Å². The van der Waals surface area contributed by atoms with Crippen LogP contribution in [0.4, 0.5) is 0 Å². The minimum atomic E-state index is -0.167. The van der Waals surface area contributed by atoms with Gasteiger partial charge in [0.05, 0.1) is 5.60 Å². The van der Waals surface area contributed by atoms with E-state index in [1.54, 1.807) is 7.11 Å². The molecular formula is C6H13O. The third-order valence-electron chi connectivity index (χ3n) is 1.24. The highest BCUT2D eigenvalue weighted by molar-refractivity contribution is 4.73. The van der Waals surface area contributed by atoms with E-state index in [-0.39, 0.29) is 5.60 Å². The summed E-state index contributed by atoms with van der Waals surface area (Å²) in [5.41, 5.74) is -0.167. The van der Waals surface area contributed by atoms with Crippen molar-refractivity contribution in [2.24, 2.45) is 0 Å². The predicted molar refractivity (Wildman–Crippen MR) is 31.1 cm³/mol. The summed E-state index contributed by atoms with van der Waals surface area (Å²) in [6.07, 6.45) is 0.962. The van der Waals surface area contributed by atoms with E-state index in [4.69, 9.17) is 4.74 Å². The summed E-state index contributed by atoms with van der Waals surface area (Å²) in [4.78, 5) is 0. The van der Waals surface area contributed by atoms with E-state index in [1.807, 2.05) is 6.92 Å². The van der Waals surface area contributed by atoms with Crippen LogP contribution in [0.3, 0.4) is 0 Å². The fourth-order valence-electron chi connectivity index (χ4n) is 0.144. The minimum absolute atomic E-state index is 0.167. The van der Waals surface area contributed by atoms with Gasteiger partial charge in [-0.15, -0.1) is 0 Å². The molecule has 0 aliphatic heterocycles. The largest absolute Gasteiger partial charge is 0.379 e. The lowest BCUT2D eigenvalue weighted by Crippen LogP contribution is -2.20. The van der Waals surface area contributed by atoms with Crippen molar-refractivity contribution in [3.05, 3.63) is 6.92 Å². The van der Waals surface area contributed by atoms with Gasteiger partial charge in [0, 0.05) is 7.11 Å². The van der Waals surface area contributed by atoms with Crippen molar-refractivity contribution in [2.45, 2.75) is 25.9 Å². The van der Waals surface area contributed by atoms with Crippen LogP contribution in [0, 0.1) is 6.92 Å². The summed E-state index contributed by atoms with van der Waals surface area (Å²) in [6, 6.07) is 0. The molecule has 0 aliphatic rings. The summed E-state index contributed by atoms with van der Waals surface area (Å²) < 4.78 is 4.98. The molecule has 0 fully saturated rings. The van der Waals surface area contributed by atoms with Gasteiger partial charge < -0.3 is 4.74 Å². The Morgan fingerprint density at radius 2 is 2.14 bits per heavy atom. The van der Waals surface area contributed by atoms with E-state index in [0.717, 1.165) is 6.42 Å². The zero-order chi connectivity index (χ0) is 5.91. The number of ether oxygens (including phenoxy) is 1. The molecule has 7 heavy (non-hydrogen) atoms. The molecule has 1 nitrogen and oxygen atoms in total. The molecule has 0 saturated carbocycles. The van der Waals surface area contributed by atoms with Gasteiger partial charge in [0.2, 0.25) is 0 Å². The highest BCUT2D eigenvalue weighted by Crippen LogP contribution is 2.09. The second-order valence-corrected chi connectivity index (χ2v) is 2.01. The fraction of sp³-hybridized carbons (Fsp3) is 0.833. The van der Waals surface area contributed by atoms with Crippen molar-refractivity contribution < 1.29 is 4.74 Å². The van der Waals surface area contributed by atoms with Gasteiger partial charge in [-0.1, -0.05) is 6.92 Å². The number of rotatable bonds is 2. The molecule has 0 aliphatic carbocycles. The van der Waals surface area contributed by atoms with Crippen LogP contribution in [0.5, 0.6) is 0 Å². The molecule has 0 aromatic carbocycles. The Hall–Kier alpha value is -0.0400. The molecule has 1 heteroatoms. The third-order valence-corrected chi connectivity index (χ3v) is 1.24. The topological polar surface area (TPSA) is 9.23 Å². The van der Waals surface area contributed by atoms with Gasteiger partial charge in [-0.05, 0) is 20.3 Å². The average molecular weight is 101 g/mol. The van der Waals surface area contributed by atoms with Crippen LogP contribution in [-0.2, 0) is 4.74 Å². The first-order chi connectivity index (χ1) is 3.12. The Morgan fingerprint density at radius 1 is 1.71 bits per heavy atom. The highest BCUT2D eigenvalue weighted by Gasteiger charge is 2.11. The molecule has 0 bridgehead atoms. The van der Waals surface area contributed by atoms with Crippen molar-refractivity contribution >= 4 is 0 Å². The molecule has 0 saturated heterocycles. The van der Waals surface area contributed by atoms with Crippen LogP contribution in [0.25, 0.3) is 0 Å². The molecule has 0 heterocycles. The van der Waals surface area contributed by atoms with Crippen LogP contribution in [0.15, 0.2) is 0 Å². The molecular weight excluding hydrogens is 88.1 g/mol. The molecule has 1 unspecified atom stereocenters. The molecule has 0 aromatic rings. The quantitative estimate of drug-likeness (QED) is 0.513. The molecule has 0 aromatic heterocycles. The lowest BCUT2D eigenvalue weighted by atomic mass is 10.1. The summed E-state index contributed by atoms with van der Waals surface area (Å²) in [5.74, 6) is 0. The van der Waals surface area contributed by atoms with Gasteiger partial charge in [-0.25, -0.2) is 0 Å². The van der Waals surface area contributed by atoms with Gasteiger partial charge in [0.1, 0.15) is 0 Å². The first kappa shape index (κ1) is 6.96. The van der Waals surface area contributed by atoms with Gasteiger partial charge in [-0.3, -0.25) is 0 Å². The van der Waals surface area contributed by atoms with Crippen LogP contribution in [0.1, 0.15) is 20.3 Å². The molecule has 1 atom stereocenters. The smallest absolute Gasteiger partial charge is 0.0649 e. The van der Waals surface area contributed by atoms with E-state index in [2.05, 4.69) is 13.8 Å². The van der Waals surface area contributed by atoms with E-state index in [0.29, 0.717) is 0 Å². The first-order valence-corrected chi connectivity index (χ1v) is 2.53. The second-order valence-electron chi connectivity index (χ2n) is 2.01. The number of hydrogen-bond acceptors (Lipinski definition) is 1. The summed E-state index contributed by atoms with van der Waals surface area (Å²) in [7, 11) is 1.68. The maximum absolute atomic E-state index is 4.98. The van der Waals surface area contributed by atoms with E-state index in [1.165, 1.54) is 0 Å². The summed E-state index contributed by atoms with van der Waals surface area (Å²) >= 11 is 0. The van der Waals surface area contributed by atoms with Crippen LogP contribution in [0.2, 0.25) is 0 Å². The van der Waals surface area contributed by atoms with E-state index < -0.39 is 0 Å². The fourth-order valence-corrected chi connectivity index (χ4v) is 0.144. The number of hydrogen-bond donors (Lipinski definition) is 0. The van der Waals surface area contributed by atoms with Crippen molar-refractivity contribution in [3.63, 3.8) is 0 Å². The lowest BCUT2D eigenvalue weighted by Gasteiger charge is -2.19. The summed E-state index contributed by atoms with van der Waals surface area (Å²) in [5, 5.41) is 0. The average Bonchev–Trinajstić information content (AvgIpc) is 1.68. The van der Waals surface area contributed by atoms with Crippen molar-refractivity contribution in [1.82, 2.24) is 0 Å². The van der Waals surface area contributed by atoms with Crippen molar-refractivity contribution in [3.8, 4) is 0 Å². The van der Waals surface area contributed by atoms with Crippen LogP contribution < -0.4 is 0 Å². The molecule has 1 radical (unpaired) electrons. The van der Waals surface area contributed by atoms with Gasteiger partial charge in [-0.2, -0.15) is 0 Å². The van der Waals surface area contributed by atoms with Crippen molar-refractivity contribution in [1.29, 1.82) is 0 Å². The van der Waals surface area contributed by atoms with Gasteiger partial charge in [0.15, 0.2) is 0 Å². The summed E-state index contributed by atoms with van der Waals surface area (Å²) in [6.45, 7) is 7.80. The van der Waals surface area contributed by atoms with E-state index >= 15 is 0 Å². The monoisotopic (exact) mass is 101 g/mol. The zero-order valence-electron chi connectivity index (χ0n) is 5.32. The highest BCUT2D eigenvalue weighted by atomic mass is 16.5. The molecule has 0 spiro atoms. The van der Waals surface area contributed by atoms with Crippen LogP contribution in [-0.4, -0.2) is 12.7 Å². The maximum Gasteiger partial charge on any atom is 0.0649 e. The molecule has 0 N–H and O–H groups in total. The number of methoxy groups -OCH3 is 1. The normalized spacial score (nSPS) is 12.0. The third kappa shape index (κ3) is 2.63. The van der Waals surface area contributed by atoms with E-state index in [9.17, 15) is 0 Å². The second kappa shape index (κ2) is 2.31. The zero-order valence-corrected chi connectivity index (χ0v) is 5.32. The molecule has 0 amide bonds.